The molecule has 0 atom stereocenters. The normalized spacial score (nSPS) is 14.7. The molecule has 0 unspecified atom stereocenters. The van der Waals surface area contributed by atoms with Crippen LogP contribution < -0.4 is 5.32 Å². The topological polar surface area (TPSA) is 59.4 Å². The summed E-state index contributed by atoms with van der Waals surface area (Å²) in [6.45, 7) is 2.08. The number of nitriles is 1. The molecule has 23 heavy (non-hydrogen) atoms. The standard InChI is InChI=1S/C18H26N4O/c1-21(2)11-12-22(18(23)20-17-5-3-4-6-17)14-16-9-7-15(13-19)8-10-16/h7-10,17H,3-6,11-12,14H2,1-2H3,(H,20,23). The molecule has 0 spiro atoms. The Morgan fingerprint density at radius 1 is 1.22 bits per heavy atom. The van der Waals surface area contributed by atoms with Crippen molar-refractivity contribution in [3.63, 3.8) is 0 Å². The van der Waals surface area contributed by atoms with Gasteiger partial charge in [0, 0.05) is 25.7 Å². The predicted molar refractivity (Wildman–Crippen MR) is 90.9 cm³/mol. The fraction of sp³-hybridized carbons (Fsp3) is 0.556. The van der Waals surface area contributed by atoms with Crippen molar-refractivity contribution in [3.05, 3.63) is 35.4 Å². The van der Waals surface area contributed by atoms with Gasteiger partial charge in [0.1, 0.15) is 0 Å². The van der Waals surface area contributed by atoms with Crippen LogP contribution in [0.25, 0.3) is 0 Å². The van der Waals surface area contributed by atoms with Gasteiger partial charge in [0.15, 0.2) is 0 Å². The van der Waals surface area contributed by atoms with E-state index in [-0.39, 0.29) is 6.03 Å². The van der Waals surface area contributed by atoms with Gasteiger partial charge in [-0.2, -0.15) is 5.26 Å². The molecule has 2 rings (SSSR count). The number of hydrogen-bond acceptors (Lipinski definition) is 3. The predicted octanol–water partition coefficient (Wildman–Crippen LogP) is 2.57. The Kier molecular flexibility index (Phi) is 6.42. The zero-order valence-corrected chi connectivity index (χ0v) is 14.1. The molecule has 0 saturated heterocycles. The number of nitrogens with zero attached hydrogens (tertiary/aromatic N) is 3. The summed E-state index contributed by atoms with van der Waals surface area (Å²) in [7, 11) is 4.02. The van der Waals surface area contributed by atoms with E-state index in [0.29, 0.717) is 24.7 Å². The Labute approximate surface area is 138 Å². The average molecular weight is 314 g/mol. The molecule has 5 heteroatoms. The summed E-state index contributed by atoms with van der Waals surface area (Å²) in [5.41, 5.74) is 1.69. The first kappa shape index (κ1) is 17.3. The van der Waals surface area contributed by atoms with E-state index in [4.69, 9.17) is 5.26 Å². The van der Waals surface area contributed by atoms with Gasteiger partial charge in [-0.1, -0.05) is 25.0 Å². The van der Waals surface area contributed by atoms with E-state index in [0.717, 1.165) is 24.9 Å². The second kappa shape index (κ2) is 8.54. The average Bonchev–Trinajstić information content (AvgIpc) is 3.04. The molecule has 1 aliphatic carbocycles. The third-order valence-electron chi connectivity index (χ3n) is 4.24. The third-order valence-corrected chi connectivity index (χ3v) is 4.24. The molecule has 1 fully saturated rings. The Hall–Kier alpha value is -2.06. The lowest BCUT2D eigenvalue weighted by atomic mass is 10.1. The molecule has 5 nitrogen and oxygen atoms in total. The molecule has 1 aromatic rings. The lowest BCUT2D eigenvalue weighted by Gasteiger charge is -2.26. The molecule has 0 aromatic heterocycles. The summed E-state index contributed by atoms with van der Waals surface area (Å²) in [6.07, 6.45) is 4.59. The third kappa shape index (κ3) is 5.57. The molecule has 0 radical (unpaired) electrons. The van der Waals surface area contributed by atoms with Crippen molar-refractivity contribution in [2.75, 3.05) is 27.2 Å². The summed E-state index contributed by atoms with van der Waals surface area (Å²) in [5, 5.41) is 12.0. The maximum Gasteiger partial charge on any atom is 0.317 e. The number of amides is 2. The Morgan fingerprint density at radius 3 is 2.43 bits per heavy atom. The molecular weight excluding hydrogens is 288 g/mol. The Bertz CT molecular complexity index is 541. The first-order chi connectivity index (χ1) is 11.1. The highest BCUT2D eigenvalue weighted by Gasteiger charge is 2.21. The first-order valence-electron chi connectivity index (χ1n) is 8.27. The molecule has 1 aliphatic rings. The monoisotopic (exact) mass is 314 g/mol. The highest BCUT2D eigenvalue weighted by atomic mass is 16.2. The van der Waals surface area contributed by atoms with Crippen LogP contribution in [0.3, 0.4) is 0 Å². The second-order valence-electron chi connectivity index (χ2n) is 6.46. The van der Waals surface area contributed by atoms with Gasteiger partial charge in [-0.25, -0.2) is 4.79 Å². The molecular formula is C18H26N4O. The molecule has 0 heterocycles. The molecule has 1 N–H and O–H groups in total. The van der Waals surface area contributed by atoms with Crippen LogP contribution in [-0.4, -0.2) is 49.1 Å². The summed E-state index contributed by atoms with van der Waals surface area (Å²) in [4.78, 5) is 16.5. The van der Waals surface area contributed by atoms with Crippen LogP contribution in [0.2, 0.25) is 0 Å². The van der Waals surface area contributed by atoms with Gasteiger partial charge in [-0.15, -0.1) is 0 Å². The summed E-state index contributed by atoms with van der Waals surface area (Å²) in [6, 6.07) is 9.90. The fourth-order valence-electron chi connectivity index (χ4n) is 2.81. The number of rotatable bonds is 6. The zero-order chi connectivity index (χ0) is 16.7. The van der Waals surface area contributed by atoms with Gasteiger partial charge in [0.25, 0.3) is 0 Å². The van der Waals surface area contributed by atoms with Gasteiger partial charge < -0.3 is 15.1 Å². The van der Waals surface area contributed by atoms with E-state index in [9.17, 15) is 4.79 Å². The van der Waals surface area contributed by atoms with Gasteiger partial charge in [0.2, 0.25) is 0 Å². The van der Waals surface area contributed by atoms with Crippen molar-refractivity contribution >= 4 is 6.03 Å². The molecule has 124 valence electrons. The number of hydrogen-bond donors (Lipinski definition) is 1. The minimum atomic E-state index is 0.0168. The van der Waals surface area contributed by atoms with Crippen LogP contribution >= 0.6 is 0 Å². The van der Waals surface area contributed by atoms with Gasteiger partial charge in [-0.05, 0) is 44.6 Å². The molecule has 0 aliphatic heterocycles. The number of benzene rings is 1. The quantitative estimate of drug-likeness (QED) is 0.878. The SMILES string of the molecule is CN(C)CCN(Cc1ccc(C#N)cc1)C(=O)NC1CCCC1. The van der Waals surface area contributed by atoms with E-state index in [1.165, 1.54) is 12.8 Å². The lowest BCUT2D eigenvalue weighted by Crippen LogP contribution is -2.45. The number of carbonyl (C=O) groups excluding carboxylic acids is 1. The maximum absolute atomic E-state index is 12.6. The Balaban J connectivity index is 1.99. The minimum absolute atomic E-state index is 0.0168. The first-order valence-corrected chi connectivity index (χ1v) is 8.27. The van der Waals surface area contributed by atoms with Crippen LogP contribution in [0.1, 0.15) is 36.8 Å². The van der Waals surface area contributed by atoms with E-state index in [1.807, 2.05) is 31.1 Å². The molecule has 0 bridgehead atoms. The van der Waals surface area contributed by atoms with Crippen molar-refractivity contribution in [1.29, 1.82) is 5.26 Å². The molecule has 2 amide bonds. The van der Waals surface area contributed by atoms with Crippen molar-refractivity contribution in [1.82, 2.24) is 15.1 Å². The van der Waals surface area contributed by atoms with Crippen molar-refractivity contribution in [3.8, 4) is 6.07 Å². The maximum atomic E-state index is 12.6. The van der Waals surface area contributed by atoms with E-state index < -0.39 is 0 Å². The van der Waals surface area contributed by atoms with E-state index >= 15 is 0 Å². The highest BCUT2D eigenvalue weighted by molar-refractivity contribution is 5.74. The van der Waals surface area contributed by atoms with Gasteiger partial charge >= 0.3 is 6.03 Å². The van der Waals surface area contributed by atoms with Crippen LogP contribution in [0.15, 0.2) is 24.3 Å². The van der Waals surface area contributed by atoms with Crippen molar-refractivity contribution in [2.45, 2.75) is 38.3 Å². The number of likely N-dealkylation sites (N-methyl/N-ethyl adjacent to an activating group) is 1. The second-order valence-corrected chi connectivity index (χ2v) is 6.46. The summed E-state index contributed by atoms with van der Waals surface area (Å²) in [5.74, 6) is 0. The molecule has 1 saturated carbocycles. The Morgan fingerprint density at radius 2 is 1.87 bits per heavy atom. The fourth-order valence-corrected chi connectivity index (χ4v) is 2.81. The zero-order valence-electron chi connectivity index (χ0n) is 14.1. The smallest absolute Gasteiger partial charge is 0.317 e. The van der Waals surface area contributed by atoms with Crippen LogP contribution in [0.4, 0.5) is 4.79 Å². The largest absolute Gasteiger partial charge is 0.335 e. The number of carbonyl (C=O) groups is 1. The van der Waals surface area contributed by atoms with Gasteiger partial charge in [0.05, 0.1) is 11.6 Å². The number of urea groups is 1. The lowest BCUT2D eigenvalue weighted by molar-refractivity contribution is 0.185. The highest BCUT2D eigenvalue weighted by Crippen LogP contribution is 2.18. The van der Waals surface area contributed by atoms with Crippen LogP contribution in [0, 0.1) is 11.3 Å². The summed E-state index contributed by atoms with van der Waals surface area (Å²) >= 11 is 0. The van der Waals surface area contributed by atoms with Crippen molar-refractivity contribution in [2.24, 2.45) is 0 Å². The number of nitrogens with one attached hydrogen (secondary N) is 1. The van der Waals surface area contributed by atoms with Crippen molar-refractivity contribution < 1.29 is 4.79 Å². The van der Waals surface area contributed by atoms with E-state index in [1.54, 1.807) is 12.1 Å². The molecule has 1 aromatic carbocycles. The summed E-state index contributed by atoms with van der Waals surface area (Å²) < 4.78 is 0. The van der Waals surface area contributed by atoms with Crippen LogP contribution in [-0.2, 0) is 6.54 Å². The minimum Gasteiger partial charge on any atom is -0.335 e. The van der Waals surface area contributed by atoms with Crippen LogP contribution in [0.5, 0.6) is 0 Å². The van der Waals surface area contributed by atoms with Gasteiger partial charge in [-0.3, -0.25) is 0 Å². The van der Waals surface area contributed by atoms with E-state index in [2.05, 4.69) is 16.3 Å².